The molecule has 3 nitrogen and oxygen atoms in total. The van der Waals surface area contributed by atoms with E-state index in [1.165, 1.54) is 6.20 Å². The third-order valence-electron chi connectivity index (χ3n) is 2.50. The Hall–Kier alpha value is -1.49. The highest BCUT2D eigenvalue weighted by atomic mass is 35.5. The van der Waals surface area contributed by atoms with Gasteiger partial charge in [-0.1, -0.05) is 29.8 Å². The minimum atomic E-state index is -0.494. The molecular formula is C12H11ClFN3. The van der Waals surface area contributed by atoms with Crippen molar-refractivity contribution in [3.63, 3.8) is 0 Å². The van der Waals surface area contributed by atoms with E-state index in [2.05, 4.69) is 10.4 Å². The molecule has 1 aromatic heterocycles. The second-order valence-corrected chi connectivity index (χ2v) is 3.93. The largest absolute Gasteiger partial charge is 0.271 e. The first-order valence-electron chi connectivity index (χ1n) is 5.04. The molecule has 0 aliphatic heterocycles. The molecule has 0 radical (unpaired) electrons. The van der Waals surface area contributed by atoms with E-state index in [9.17, 15) is 4.39 Å². The van der Waals surface area contributed by atoms with Crippen LogP contribution in [0.25, 0.3) is 0 Å². The Morgan fingerprint density at radius 3 is 2.65 bits per heavy atom. The van der Waals surface area contributed by atoms with Crippen LogP contribution < -0.4 is 11.3 Å². The van der Waals surface area contributed by atoms with Crippen molar-refractivity contribution in [1.29, 1.82) is 0 Å². The molecule has 1 heterocycles. The first-order chi connectivity index (χ1) is 8.24. The minimum absolute atomic E-state index is 0.413. The van der Waals surface area contributed by atoms with Crippen LogP contribution in [0.15, 0.2) is 42.7 Å². The monoisotopic (exact) mass is 251 g/mol. The lowest BCUT2D eigenvalue weighted by Crippen LogP contribution is -2.29. The van der Waals surface area contributed by atoms with Crippen molar-refractivity contribution in [3.8, 4) is 0 Å². The average Bonchev–Trinajstić information content (AvgIpc) is 2.34. The summed E-state index contributed by atoms with van der Waals surface area (Å²) in [5.41, 5.74) is 3.70. The summed E-state index contributed by atoms with van der Waals surface area (Å²) in [6.45, 7) is 0. The maximum absolute atomic E-state index is 13.6. The molecule has 17 heavy (non-hydrogen) atoms. The third kappa shape index (κ3) is 2.44. The van der Waals surface area contributed by atoms with E-state index < -0.39 is 11.9 Å². The number of halogens is 2. The molecule has 0 aliphatic carbocycles. The van der Waals surface area contributed by atoms with Crippen molar-refractivity contribution >= 4 is 11.6 Å². The first-order valence-corrected chi connectivity index (χ1v) is 5.42. The van der Waals surface area contributed by atoms with Gasteiger partial charge in [-0.05, 0) is 17.7 Å². The van der Waals surface area contributed by atoms with Crippen LogP contribution in [0.2, 0.25) is 5.02 Å². The van der Waals surface area contributed by atoms with E-state index in [1.807, 2.05) is 12.1 Å². The van der Waals surface area contributed by atoms with Crippen LogP contribution >= 0.6 is 11.6 Å². The van der Waals surface area contributed by atoms with Crippen molar-refractivity contribution in [2.45, 2.75) is 6.04 Å². The van der Waals surface area contributed by atoms with Gasteiger partial charge < -0.3 is 0 Å². The Balaban J connectivity index is 2.48. The van der Waals surface area contributed by atoms with Crippen molar-refractivity contribution < 1.29 is 4.39 Å². The summed E-state index contributed by atoms with van der Waals surface area (Å²) in [6.07, 6.45) is 2.66. The van der Waals surface area contributed by atoms with Gasteiger partial charge in [0.25, 0.3) is 0 Å². The topological polar surface area (TPSA) is 50.9 Å². The number of hydrogen-bond donors (Lipinski definition) is 2. The second-order valence-electron chi connectivity index (χ2n) is 3.52. The summed E-state index contributed by atoms with van der Waals surface area (Å²) < 4.78 is 13.6. The van der Waals surface area contributed by atoms with E-state index in [-0.39, 0.29) is 0 Å². The predicted octanol–water partition coefficient (Wildman–Crippen LogP) is 2.43. The molecule has 1 aromatic carbocycles. The Kier molecular flexibility index (Phi) is 3.68. The molecule has 0 saturated heterocycles. The lowest BCUT2D eigenvalue weighted by Gasteiger charge is -2.18. The van der Waals surface area contributed by atoms with Gasteiger partial charge in [-0.15, -0.1) is 0 Å². The Labute approximate surface area is 103 Å². The van der Waals surface area contributed by atoms with Gasteiger partial charge in [-0.3, -0.25) is 10.8 Å². The zero-order valence-electron chi connectivity index (χ0n) is 8.90. The number of nitrogens with two attached hydrogens (primary N) is 1. The Morgan fingerprint density at radius 2 is 2.00 bits per heavy atom. The summed E-state index contributed by atoms with van der Waals surface area (Å²) in [7, 11) is 0. The molecule has 1 unspecified atom stereocenters. The standard InChI is InChI=1S/C12H11ClFN3/c13-10-4-2-1-3-8(10)12(17-15)9-5-6-16-7-11(9)14/h1-7,12,17H,15H2. The minimum Gasteiger partial charge on any atom is -0.271 e. The summed E-state index contributed by atoms with van der Waals surface area (Å²) >= 11 is 6.07. The van der Waals surface area contributed by atoms with E-state index in [4.69, 9.17) is 17.4 Å². The highest BCUT2D eigenvalue weighted by Crippen LogP contribution is 2.28. The van der Waals surface area contributed by atoms with Crippen LogP contribution in [0.4, 0.5) is 4.39 Å². The number of rotatable bonds is 3. The number of aromatic nitrogens is 1. The summed E-state index contributed by atoms with van der Waals surface area (Å²) in [6, 6.07) is 8.25. The van der Waals surface area contributed by atoms with Crippen molar-refractivity contribution in [2.75, 3.05) is 0 Å². The molecular weight excluding hydrogens is 241 g/mol. The van der Waals surface area contributed by atoms with Crippen LogP contribution in [-0.4, -0.2) is 4.98 Å². The highest BCUT2D eigenvalue weighted by molar-refractivity contribution is 6.31. The fourth-order valence-electron chi connectivity index (χ4n) is 1.68. The lowest BCUT2D eigenvalue weighted by molar-refractivity contribution is 0.556. The van der Waals surface area contributed by atoms with E-state index in [0.29, 0.717) is 10.6 Å². The fraction of sp³-hybridized carbons (Fsp3) is 0.0833. The van der Waals surface area contributed by atoms with Gasteiger partial charge >= 0.3 is 0 Å². The molecule has 0 saturated carbocycles. The molecule has 0 amide bonds. The molecule has 0 aliphatic rings. The van der Waals surface area contributed by atoms with Crippen LogP contribution in [-0.2, 0) is 0 Å². The maximum Gasteiger partial charge on any atom is 0.146 e. The van der Waals surface area contributed by atoms with Gasteiger partial charge in [-0.25, -0.2) is 9.82 Å². The summed E-state index contributed by atoms with van der Waals surface area (Å²) in [5, 5.41) is 0.534. The predicted molar refractivity (Wildman–Crippen MR) is 64.8 cm³/mol. The molecule has 3 N–H and O–H groups in total. The number of benzene rings is 1. The van der Waals surface area contributed by atoms with Crippen LogP contribution in [0, 0.1) is 5.82 Å². The smallest absolute Gasteiger partial charge is 0.146 e. The van der Waals surface area contributed by atoms with E-state index >= 15 is 0 Å². The average molecular weight is 252 g/mol. The van der Waals surface area contributed by atoms with Gasteiger partial charge in [0.05, 0.1) is 12.2 Å². The Morgan fingerprint density at radius 1 is 1.24 bits per heavy atom. The molecule has 2 rings (SSSR count). The Bertz CT molecular complexity index is 473. The zero-order valence-corrected chi connectivity index (χ0v) is 9.66. The molecule has 0 fully saturated rings. The molecule has 5 heteroatoms. The first kappa shape index (κ1) is 12.0. The maximum atomic E-state index is 13.6. The normalized spacial score (nSPS) is 12.4. The fourth-order valence-corrected chi connectivity index (χ4v) is 1.92. The molecule has 88 valence electrons. The van der Waals surface area contributed by atoms with Gasteiger partial charge in [0.2, 0.25) is 0 Å². The molecule has 1 atom stereocenters. The van der Waals surface area contributed by atoms with Gasteiger partial charge in [0.15, 0.2) is 0 Å². The quantitative estimate of drug-likeness (QED) is 0.651. The third-order valence-corrected chi connectivity index (χ3v) is 2.84. The number of nitrogens with zero attached hydrogens (tertiary/aromatic N) is 1. The lowest BCUT2D eigenvalue weighted by atomic mass is 10.00. The van der Waals surface area contributed by atoms with Gasteiger partial charge in [0, 0.05) is 16.8 Å². The number of nitrogens with one attached hydrogen (secondary N) is 1. The van der Waals surface area contributed by atoms with Crippen LogP contribution in [0.5, 0.6) is 0 Å². The second kappa shape index (κ2) is 5.23. The van der Waals surface area contributed by atoms with Crippen molar-refractivity contribution in [1.82, 2.24) is 10.4 Å². The highest BCUT2D eigenvalue weighted by Gasteiger charge is 2.18. The summed E-state index contributed by atoms with van der Waals surface area (Å²) in [4.78, 5) is 3.70. The SMILES string of the molecule is NNC(c1ccncc1F)c1ccccc1Cl. The number of hydrazine groups is 1. The van der Waals surface area contributed by atoms with E-state index in [1.54, 1.807) is 18.2 Å². The molecule has 2 aromatic rings. The number of pyridine rings is 1. The summed E-state index contributed by atoms with van der Waals surface area (Å²) in [5.74, 6) is 5.06. The zero-order chi connectivity index (χ0) is 12.3. The van der Waals surface area contributed by atoms with Crippen LogP contribution in [0.3, 0.4) is 0 Å². The van der Waals surface area contributed by atoms with E-state index in [0.717, 1.165) is 11.8 Å². The van der Waals surface area contributed by atoms with Crippen LogP contribution in [0.1, 0.15) is 17.2 Å². The van der Waals surface area contributed by atoms with Crippen molar-refractivity contribution in [3.05, 3.63) is 64.7 Å². The van der Waals surface area contributed by atoms with Crippen molar-refractivity contribution in [2.24, 2.45) is 5.84 Å². The molecule has 0 bridgehead atoms. The van der Waals surface area contributed by atoms with Gasteiger partial charge in [-0.2, -0.15) is 0 Å². The number of hydrogen-bond acceptors (Lipinski definition) is 3. The van der Waals surface area contributed by atoms with Gasteiger partial charge in [0.1, 0.15) is 5.82 Å². The molecule has 0 spiro atoms.